The number of anilines is 3. The van der Waals surface area contributed by atoms with Crippen molar-refractivity contribution >= 4 is 82.5 Å². The number of hydrogen-bond donors (Lipinski definition) is 0. The highest BCUT2D eigenvalue weighted by molar-refractivity contribution is 6.15. The second-order valence-corrected chi connectivity index (χ2v) is 20.7. The van der Waals surface area contributed by atoms with Crippen LogP contribution in [0.25, 0.3) is 116 Å². The van der Waals surface area contributed by atoms with E-state index in [9.17, 15) is 0 Å². The Morgan fingerprint density at radius 3 is 0.974 bits per heavy atom. The third-order valence-electron chi connectivity index (χ3n) is 16.0. The van der Waals surface area contributed by atoms with Crippen LogP contribution in [-0.4, -0.2) is 13.7 Å². The van der Waals surface area contributed by atoms with E-state index in [0.717, 1.165) is 39.6 Å². The normalized spacial score (nSPS) is 11.7. The Balaban J connectivity index is 0.895. The molecule has 368 valence electrons. The second kappa shape index (κ2) is 18.3. The molecule has 0 N–H and O–H groups in total. The molecule has 15 rings (SSSR count). The fraction of sp³-hybridized carbons (Fsp3) is 0.0270. The number of benzene rings is 12. The van der Waals surface area contributed by atoms with Gasteiger partial charge in [0.15, 0.2) is 0 Å². The van der Waals surface area contributed by atoms with Crippen molar-refractivity contribution in [3.8, 4) is 50.4 Å². The van der Waals surface area contributed by atoms with Crippen LogP contribution in [0.1, 0.15) is 11.1 Å². The zero-order chi connectivity index (χ0) is 51.8. The molecule has 0 aliphatic rings. The van der Waals surface area contributed by atoms with Gasteiger partial charge in [0.05, 0.1) is 33.1 Å². The summed E-state index contributed by atoms with van der Waals surface area (Å²) < 4.78 is 7.29. The first-order chi connectivity index (χ1) is 38.5. The number of rotatable bonds is 9. The predicted molar refractivity (Wildman–Crippen MR) is 330 cm³/mol. The van der Waals surface area contributed by atoms with Crippen molar-refractivity contribution in [2.75, 3.05) is 4.90 Å². The third kappa shape index (κ3) is 7.52. The summed E-state index contributed by atoms with van der Waals surface area (Å²) in [6.07, 6.45) is 0. The van der Waals surface area contributed by atoms with Gasteiger partial charge >= 0.3 is 0 Å². The number of nitrogens with zero attached hydrogens (tertiary/aromatic N) is 4. The minimum absolute atomic E-state index is 1.10. The average Bonchev–Trinajstić information content (AvgIpc) is 4.15. The van der Waals surface area contributed by atoms with Gasteiger partial charge in [-0.2, -0.15) is 0 Å². The van der Waals surface area contributed by atoms with E-state index in [4.69, 9.17) is 0 Å². The van der Waals surface area contributed by atoms with Gasteiger partial charge in [-0.05, 0) is 181 Å². The lowest BCUT2D eigenvalue weighted by molar-refractivity contribution is 1.17. The fourth-order valence-corrected chi connectivity index (χ4v) is 12.1. The quantitative estimate of drug-likeness (QED) is 0.141. The fourth-order valence-electron chi connectivity index (χ4n) is 12.1. The van der Waals surface area contributed by atoms with Crippen LogP contribution in [0.3, 0.4) is 0 Å². The van der Waals surface area contributed by atoms with Crippen molar-refractivity contribution in [2.24, 2.45) is 0 Å². The summed E-state index contributed by atoms with van der Waals surface area (Å²) in [4.78, 5) is 2.34. The first-order valence-corrected chi connectivity index (χ1v) is 26.9. The highest BCUT2D eigenvalue weighted by Gasteiger charge is 2.21. The zero-order valence-electron chi connectivity index (χ0n) is 43.3. The van der Waals surface area contributed by atoms with Crippen molar-refractivity contribution in [1.82, 2.24) is 13.7 Å². The van der Waals surface area contributed by atoms with E-state index in [2.05, 4.69) is 312 Å². The lowest BCUT2D eigenvalue weighted by Crippen LogP contribution is -2.10. The second-order valence-electron chi connectivity index (χ2n) is 20.7. The Morgan fingerprint density at radius 1 is 0.218 bits per heavy atom. The molecular weight excluding hydrogens is 945 g/mol. The summed E-state index contributed by atoms with van der Waals surface area (Å²) in [5.74, 6) is 0. The van der Waals surface area contributed by atoms with Gasteiger partial charge in [0.2, 0.25) is 0 Å². The average molecular weight is 997 g/mol. The van der Waals surface area contributed by atoms with Crippen molar-refractivity contribution in [3.05, 3.63) is 290 Å². The topological polar surface area (TPSA) is 18.0 Å². The molecule has 0 saturated carbocycles. The van der Waals surface area contributed by atoms with Gasteiger partial charge in [0, 0.05) is 66.4 Å². The maximum Gasteiger partial charge on any atom is 0.0542 e. The smallest absolute Gasteiger partial charge is 0.0542 e. The summed E-state index contributed by atoms with van der Waals surface area (Å²) in [5.41, 5.74) is 23.4. The van der Waals surface area contributed by atoms with E-state index in [1.54, 1.807) is 0 Å². The highest BCUT2D eigenvalue weighted by atomic mass is 15.1. The van der Waals surface area contributed by atoms with Crippen molar-refractivity contribution < 1.29 is 0 Å². The summed E-state index contributed by atoms with van der Waals surface area (Å²) in [6, 6.07) is 103. The van der Waals surface area contributed by atoms with Crippen LogP contribution in [-0.2, 0) is 0 Å². The number of hydrogen-bond acceptors (Lipinski definition) is 1. The monoisotopic (exact) mass is 996 g/mol. The molecule has 3 aromatic heterocycles. The minimum Gasteiger partial charge on any atom is -0.311 e. The SMILES string of the molecule is Cc1ccc(N(c2ccc(C)cc2)c2ccc(-n3c4ccc(-c5ccccc5)cc4c4cc(-c5ccc6c(c5)c5cc(-c7ccccc7)ccc5n6-c5ccc6c(c5)c5ccccc5n6-c5ccccc5)ccc43)cc2)cc1. The first kappa shape index (κ1) is 45.3. The molecule has 0 radical (unpaired) electrons. The van der Waals surface area contributed by atoms with Gasteiger partial charge in [-0.3, -0.25) is 0 Å². The third-order valence-corrected chi connectivity index (χ3v) is 16.0. The van der Waals surface area contributed by atoms with Gasteiger partial charge in [0.1, 0.15) is 0 Å². The van der Waals surface area contributed by atoms with E-state index >= 15 is 0 Å². The van der Waals surface area contributed by atoms with Gasteiger partial charge in [-0.1, -0.05) is 157 Å². The summed E-state index contributed by atoms with van der Waals surface area (Å²) >= 11 is 0. The molecule has 78 heavy (non-hydrogen) atoms. The summed E-state index contributed by atoms with van der Waals surface area (Å²) in [5, 5.41) is 7.32. The van der Waals surface area contributed by atoms with Crippen LogP contribution in [0, 0.1) is 13.8 Å². The molecule has 0 atom stereocenters. The molecule has 3 heterocycles. The molecule has 0 fully saturated rings. The van der Waals surface area contributed by atoms with E-state index in [1.165, 1.54) is 104 Å². The van der Waals surface area contributed by atoms with Crippen LogP contribution >= 0.6 is 0 Å². The molecule has 4 nitrogen and oxygen atoms in total. The molecule has 0 aliphatic carbocycles. The largest absolute Gasteiger partial charge is 0.311 e. The Morgan fingerprint density at radius 2 is 0.526 bits per heavy atom. The predicted octanol–water partition coefficient (Wildman–Crippen LogP) is 20.1. The maximum atomic E-state index is 2.46. The Labute approximate surface area is 453 Å². The highest BCUT2D eigenvalue weighted by Crippen LogP contribution is 2.43. The molecule has 0 amide bonds. The zero-order valence-corrected chi connectivity index (χ0v) is 43.3. The molecule has 4 heteroatoms. The Kier molecular flexibility index (Phi) is 10.6. The van der Waals surface area contributed by atoms with E-state index in [0.29, 0.717) is 0 Å². The van der Waals surface area contributed by atoms with Crippen LogP contribution < -0.4 is 4.90 Å². The summed E-state index contributed by atoms with van der Waals surface area (Å²) in [7, 11) is 0. The molecule has 0 saturated heterocycles. The molecule has 0 unspecified atom stereocenters. The first-order valence-electron chi connectivity index (χ1n) is 26.9. The number of fused-ring (bicyclic) bond motifs is 9. The van der Waals surface area contributed by atoms with Gasteiger partial charge in [-0.15, -0.1) is 0 Å². The molecule has 0 bridgehead atoms. The molecule has 0 aliphatic heterocycles. The molecule has 12 aromatic carbocycles. The van der Waals surface area contributed by atoms with Crippen LogP contribution in [0.4, 0.5) is 17.1 Å². The van der Waals surface area contributed by atoms with E-state index < -0.39 is 0 Å². The van der Waals surface area contributed by atoms with Crippen molar-refractivity contribution in [2.45, 2.75) is 13.8 Å². The Hall–Kier alpha value is -10.2. The van der Waals surface area contributed by atoms with Crippen molar-refractivity contribution in [1.29, 1.82) is 0 Å². The maximum absolute atomic E-state index is 2.46. The lowest BCUT2D eigenvalue weighted by atomic mass is 9.98. The van der Waals surface area contributed by atoms with E-state index in [1.807, 2.05) is 0 Å². The lowest BCUT2D eigenvalue weighted by Gasteiger charge is -2.26. The van der Waals surface area contributed by atoms with Gasteiger partial charge < -0.3 is 18.6 Å². The van der Waals surface area contributed by atoms with Crippen LogP contribution in [0.15, 0.2) is 279 Å². The molecule has 0 spiro atoms. The number of para-hydroxylation sites is 2. The van der Waals surface area contributed by atoms with Gasteiger partial charge in [0.25, 0.3) is 0 Å². The van der Waals surface area contributed by atoms with Crippen LogP contribution in [0.5, 0.6) is 0 Å². The van der Waals surface area contributed by atoms with Gasteiger partial charge in [-0.25, -0.2) is 0 Å². The Bertz CT molecular complexity index is 4710. The summed E-state index contributed by atoms with van der Waals surface area (Å²) in [6.45, 7) is 4.28. The molecule has 15 aromatic rings. The number of aromatic nitrogens is 3. The van der Waals surface area contributed by atoms with Crippen molar-refractivity contribution in [3.63, 3.8) is 0 Å². The number of aryl methyl sites for hydroxylation is 2. The molecular formula is C74H52N4. The minimum atomic E-state index is 1.10. The van der Waals surface area contributed by atoms with Crippen LogP contribution in [0.2, 0.25) is 0 Å². The standard InChI is InChI=1S/C74H52N4/c1-49-22-30-58(31-23-49)75(59-32-24-50(2)25-33-59)60-34-36-61(37-35-60)77-70-39-26-53(51-14-6-3-7-15-51)44-64(70)66-46-55(28-41-71(66)77)56-29-42-73-67(47-56)65-45-54(52-16-8-4-9-17-52)27-40-72(65)78(73)62-38-43-74-68(48-62)63-20-12-13-21-69(63)76(74)57-18-10-5-11-19-57/h3-48H,1-2H3. The van der Waals surface area contributed by atoms with E-state index in [-0.39, 0.29) is 0 Å².